The SMILES string of the molecule is O=[N+]([O-])c1ccn(C2CCCCC2)n1. The molecule has 0 radical (unpaired) electrons. The third-order valence-electron chi connectivity index (χ3n) is 2.73. The monoisotopic (exact) mass is 195 g/mol. The zero-order valence-corrected chi connectivity index (χ0v) is 7.93. The molecule has 0 unspecified atom stereocenters. The number of nitrogens with zero attached hydrogens (tertiary/aromatic N) is 3. The van der Waals surface area contributed by atoms with Crippen LogP contribution in [0.1, 0.15) is 38.1 Å². The van der Waals surface area contributed by atoms with Crippen LogP contribution in [-0.4, -0.2) is 14.7 Å². The molecule has 0 N–H and O–H groups in total. The van der Waals surface area contributed by atoms with E-state index in [4.69, 9.17) is 0 Å². The normalized spacial score (nSPS) is 18.3. The van der Waals surface area contributed by atoms with Crippen molar-refractivity contribution in [1.82, 2.24) is 9.78 Å². The lowest BCUT2D eigenvalue weighted by Crippen LogP contribution is -2.13. The highest BCUT2D eigenvalue weighted by molar-refractivity contribution is 5.14. The van der Waals surface area contributed by atoms with Gasteiger partial charge in [0.25, 0.3) is 0 Å². The van der Waals surface area contributed by atoms with Gasteiger partial charge in [-0.3, -0.25) is 0 Å². The van der Waals surface area contributed by atoms with Crippen molar-refractivity contribution in [2.45, 2.75) is 38.1 Å². The molecule has 0 atom stereocenters. The van der Waals surface area contributed by atoms with Crippen LogP contribution in [0.5, 0.6) is 0 Å². The van der Waals surface area contributed by atoms with E-state index in [2.05, 4.69) is 5.10 Å². The molecule has 2 rings (SSSR count). The van der Waals surface area contributed by atoms with E-state index < -0.39 is 4.92 Å². The standard InChI is InChI=1S/C9H13N3O2/c13-12(14)9-6-7-11(10-9)8-4-2-1-3-5-8/h6-8H,1-5H2. The zero-order chi connectivity index (χ0) is 9.97. The highest BCUT2D eigenvalue weighted by Gasteiger charge is 2.20. The highest BCUT2D eigenvalue weighted by Crippen LogP contribution is 2.27. The first-order valence-electron chi connectivity index (χ1n) is 4.97. The maximum Gasteiger partial charge on any atom is 0.389 e. The van der Waals surface area contributed by atoms with Crippen molar-refractivity contribution in [3.63, 3.8) is 0 Å². The maximum atomic E-state index is 10.4. The van der Waals surface area contributed by atoms with E-state index in [1.807, 2.05) is 0 Å². The molecule has 1 aliphatic rings. The number of hydrogen-bond donors (Lipinski definition) is 0. The van der Waals surface area contributed by atoms with Gasteiger partial charge >= 0.3 is 5.82 Å². The van der Waals surface area contributed by atoms with Crippen LogP contribution in [0, 0.1) is 10.1 Å². The molecule has 1 heterocycles. The smallest absolute Gasteiger partial charge is 0.358 e. The van der Waals surface area contributed by atoms with E-state index in [1.165, 1.54) is 25.3 Å². The quantitative estimate of drug-likeness (QED) is 0.537. The van der Waals surface area contributed by atoms with Crippen molar-refractivity contribution in [3.8, 4) is 0 Å². The molecule has 0 amide bonds. The van der Waals surface area contributed by atoms with Crippen LogP contribution in [0.2, 0.25) is 0 Å². The van der Waals surface area contributed by atoms with Gasteiger partial charge in [-0.05, 0) is 17.8 Å². The summed E-state index contributed by atoms with van der Waals surface area (Å²) >= 11 is 0. The van der Waals surface area contributed by atoms with Gasteiger partial charge in [-0.2, -0.15) is 4.68 Å². The summed E-state index contributed by atoms with van der Waals surface area (Å²) in [5, 5.41) is 14.4. The molecule has 5 nitrogen and oxygen atoms in total. The summed E-state index contributed by atoms with van der Waals surface area (Å²) in [6, 6.07) is 1.84. The molecule has 0 spiro atoms. The van der Waals surface area contributed by atoms with Gasteiger partial charge in [0.1, 0.15) is 0 Å². The summed E-state index contributed by atoms with van der Waals surface area (Å²) in [4.78, 5) is 9.98. The van der Waals surface area contributed by atoms with Crippen LogP contribution in [0.25, 0.3) is 0 Å². The Hall–Kier alpha value is -1.39. The molecule has 1 fully saturated rings. The summed E-state index contributed by atoms with van der Waals surface area (Å²) in [5.74, 6) is -0.0458. The summed E-state index contributed by atoms with van der Waals surface area (Å²) in [6.45, 7) is 0. The minimum absolute atomic E-state index is 0.0458. The topological polar surface area (TPSA) is 61.0 Å². The Balaban J connectivity index is 2.11. The van der Waals surface area contributed by atoms with E-state index in [1.54, 1.807) is 10.9 Å². The van der Waals surface area contributed by atoms with Gasteiger partial charge in [0.2, 0.25) is 0 Å². The third kappa shape index (κ3) is 1.76. The van der Waals surface area contributed by atoms with Gasteiger partial charge in [-0.25, -0.2) is 0 Å². The Bertz CT molecular complexity index is 329. The second-order valence-electron chi connectivity index (χ2n) is 3.70. The molecule has 0 aromatic carbocycles. The molecule has 0 aliphatic heterocycles. The Kier molecular flexibility index (Phi) is 2.47. The molecule has 14 heavy (non-hydrogen) atoms. The van der Waals surface area contributed by atoms with Crippen molar-refractivity contribution < 1.29 is 4.92 Å². The van der Waals surface area contributed by atoms with Gasteiger partial charge in [0, 0.05) is 0 Å². The maximum absolute atomic E-state index is 10.4. The minimum atomic E-state index is -0.445. The predicted molar refractivity (Wildman–Crippen MR) is 51.0 cm³/mol. The Labute approximate surface area is 81.9 Å². The zero-order valence-electron chi connectivity index (χ0n) is 7.93. The first-order valence-corrected chi connectivity index (χ1v) is 4.97. The predicted octanol–water partition coefficient (Wildman–Crippen LogP) is 2.30. The lowest BCUT2D eigenvalue weighted by Gasteiger charge is -2.18. The summed E-state index contributed by atoms with van der Waals surface area (Å²) in [5.41, 5.74) is 0. The van der Waals surface area contributed by atoms with E-state index in [9.17, 15) is 10.1 Å². The molecule has 1 aliphatic carbocycles. The average molecular weight is 195 g/mol. The molecule has 1 aromatic rings. The van der Waals surface area contributed by atoms with Gasteiger partial charge in [0.15, 0.2) is 0 Å². The Morgan fingerprint density at radius 2 is 2.14 bits per heavy atom. The fourth-order valence-electron chi connectivity index (χ4n) is 1.97. The molecule has 5 heteroatoms. The van der Waals surface area contributed by atoms with E-state index >= 15 is 0 Å². The van der Waals surface area contributed by atoms with Crippen LogP contribution >= 0.6 is 0 Å². The van der Waals surface area contributed by atoms with Crippen molar-refractivity contribution in [1.29, 1.82) is 0 Å². The van der Waals surface area contributed by atoms with Gasteiger partial charge in [0.05, 0.1) is 23.4 Å². The van der Waals surface area contributed by atoms with Gasteiger partial charge < -0.3 is 10.1 Å². The first kappa shape index (κ1) is 9.18. The summed E-state index contributed by atoms with van der Waals surface area (Å²) in [7, 11) is 0. The van der Waals surface area contributed by atoms with Crippen molar-refractivity contribution in [2.75, 3.05) is 0 Å². The molecule has 0 saturated heterocycles. The largest absolute Gasteiger partial charge is 0.389 e. The lowest BCUT2D eigenvalue weighted by atomic mass is 9.96. The molecule has 0 bridgehead atoms. The molecule has 1 aromatic heterocycles. The minimum Gasteiger partial charge on any atom is -0.358 e. The number of nitro groups is 1. The van der Waals surface area contributed by atoms with Crippen molar-refractivity contribution in [3.05, 3.63) is 22.4 Å². The number of aromatic nitrogens is 2. The van der Waals surface area contributed by atoms with E-state index in [0.29, 0.717) is 6.04 Å². The number of hydrogen-bond acceptors (Lipinski definition) is 3. The van der Waals surface area contributed by atoms with Crippen molar-refractivity contribution in [2.24, 2.45) is 0 Å². The van der Waals surface area contributed by atoms with Crippen LogP contribution in [0.3, 0.4) is 0 Å². The summed E-state index contributed by atoms with van der Waals surface area (Å²) < 4.78 is 1.75. The Morgan fingerprint density at radius 1 is 1.43 bits per heavy atom. The van der Waals surface area contributed by atoms with Crippen LogP contribution in [0.15, 0.2) is 12.3 Å². The molecule has 76 valence electrons. The van der Waals surface area contributed by atoms with Gasteiger partial charge in [-0.15, -0.1) is 0 Å². The molecular weight excluding hydrogens is 182 g/mol. The van der Waals surface area contributed by atoms with Crippen molar-refractivity contribution >= 4 is 5.82 Å². The summed E-state index contributed by atoms with van der Waals surface area (Å²) in [6.07, 6.45) is 7.60. The van der Waals surface area contributed by atoms with Crippen LogP contribution in [-0.2, 0) is 0 Å². The second-order valence-corrected chi connectivity index (χ2v) is 3.70. The second kappa shape index (κ2) is 3.77. The van der Waals surface area contributed by atoms with Crippen LogP contribution < -0.4 is 0 Å². The fraction of sp³-hybridized carbons (Fsp3) is 0.667. The number of rotatable bonds is 2. The van der Waals surface area contributed by atoms with Crippen LogP contribution in [0.4, 0.5) is 5.82 Å². The lowest BCUT2D eigenvalue weighted by molar-refractivity contribution is -0.389. The van der Waals surface area contributed by atoms with E-state index in [0.717, 1.165) is 12.8 Å². The molecule has 1 saturated carbocycles. The average Bonchev–Trinajstić information content (AvgIpc) is 2.68. The van der Waals surface area contributed by atoms with Gasteiger partial charge in [-0.1, -0.05) is 19.3 Å². The fourth-order valence-corrected chi connectivity index (χ4v) is 1.97. The third-order valence-corrected chi connectivity index (χ3v) is 2.73. The Morgan fingerprint density at radius 3 is 2.71 bits per heavy atom. The molecular formula is C9H13N3O2. The highest BCUT2D eigenvalue weighted by atomic mass is 16.6. The first-order chi connectivity index (χ1) is 6.77. The van der Waals surface area contributed by atoms with E-state index in [-0.39, 0.29) is 5.82 Å².